The Kier molecular flexibility index (Phi) is 5.55. The van der Waals surface area contributed by atoms with Gasteiger partial charge in [0, 0.05) is 11.0 Å². The molecule has 2 aromatic rings. The molecule has 2 atom stereocenters. The first-order valence-corrected chi connectivity index (χ1v) is 11.9. The lowest BCUT2D eigenvalue weighted by Crippen LogP contribution is -2.46. The van der Waals surface area contributed by atoms with Crippen LogP contribution < -0.4 is 0 Å². The van der Waals surface area contributed by atoms with Gasteiger partial charge in [-0.1, -0.05) is 46.3 Å². The zero-order valence-electron chi connectivity index (χ0n) is 13.7. The Balaban J connectivity index is 2.04. The summed E-state index contributed by atoms with van der Waals surface area (Å²) in [6.07, 6.45) is -1.26. The van der Waals surface area contributed by atoms with Crippen molar-refractivity contribution < 1.29 is 21.9 Å². The Bertz CT molecular complexity index is 976. The summed E-state index contributed by atoms with van der Waals surface area (Å²) in [7, 11) is -7.49. The minimum Gasteiger partial charge on any atom is -0.390 e. The van der Waals surface area contributed by atoms with Crippen LogP contribution in [-0.2, 0) is 26.4 Å². The van der Waals surface area contributed by atoms with E-state index in [2.05, 4.69) is 15.9 Å². The van der Waals surface area contributed by atoms with Crippen molar-refractivity contribution in [3.8, 4) is 0 Å². The van der Waals surface area contributed by atoms with E-state index >= 15 is 0 Å². The van der Waals surface area contributed by atoms with Gasteiger partial charge in [-0.25, -0.2) is 16.8 Å². The Labute approximate surface area is 161 Å². The number of benzene rings is 2. The molecule has 3 rings (SSSR count). The van der Waals surface area contributed by atoms with Gasteiger partial charge in [0.15, 0.2) is 9.84 Å². The molecule has 1 fully saturated rings. The third-order valence-electron chi connectivity index (χ3n) is 4.26. The molecule has 1 heterocycles. The fraction of sp³-hybridized carbons (Fsp3) is 0.294. The Morgan fingerprint density at radius 2 is 1.65 bits per heavy atom. The lowest BCUT2D eigenvalue weighted by atomic mass is 10.2. The van der Waals surface area contributed by atoms with Crippen LogP contribution in [0.2, 0.25) is 0 Å². The molecule has 9 heteroatoms. The van der Waals surface area contributed by atoms with Crippen LogP contribution in [-0.4, -0.2) is 49.9 Å². The summed E-state index contributed by atoms with van der Waals surface area (Å²) in [5.41, 5.74) is 0.713. The number of hydrogen-bond acceptors (Lipinski definition) is 5. The largest absolute Gasteiger partial charge is 0.390 e. The molecule has 1 N–H and O–H groups in total. The van der Waals surface area contributed by atoms with E-state index in [0.717, 1.165) is 8.78 Å². The van der Waals surface area contributed by atoms with Crippen LogP contribution in [0.5, 0.6) is 0 Å². The number of nitrogens with zero attached hydrogens (tertiary/aromatic N) is 1. The molecule has 140 valence electrons. The van der Waals surface area contributed by atoms with Crippen molar-refractivity contribution in [1.29, 1.82) is 0 Å². The summed E-state index contributed by atoms with van der Waals surface area (Å²) in [6.45, 7) is -0.0174. The molecule has 0 amide bonds. The quantitative estimate of drug-likeness (QED) is 0.735. The lowest BCUT2D eigenvalue weighted by Gasteiger charge is -2.29. The molecular weight excluding hydrogens is 442 g/mol. The van der Waals surface area contributed by atoms with Gasteiger partial charge in [0.05, 0.1) is 28.5 Å². The number of sulfonamides is 1. The summed E-state index contributed by atoms with van der Waals surface area (Å²) in [5, 5.41) is 10.2. The number of sulfone groups is 1. The van der Waals surface area contributed by atoms with Gasteiger partial charge in [0.25, 0.3) is 0 Å². The van der Waals surface area contributed by atoms with Crippen molar-refractivity contribution in [2.24, 2.45) is 0 Å². The third-order valence-corrected chi connectivity index (χ3v) is 8.38. The Morgan fingerprint density at radius 3 is 2.19 bits per heavy atom. The van der Waals surface area contributed by atoms with Gasteiger partial charge < -0.3 is 5.11 Å². The van der Waals surface area contributed by atoms with Gasteiger partial charge >= 0.3 is 0 Å². The first-order valence-electron chi connectivity index (χ1n) is 7.89. The molecule has 6 nitrogen and oxygen atoms in total. The highest BCUT2D eigenvalue weighted by Gasteiger charge is 2.44. The minimum atomic E-state index is -3.99. The number of rotatable bonds is 5. The minimum absolute atomic E-state index is 0.0174. The molecule has 26 heavy (non-hydrogen) atoms. The van der Waals surface area contributed by atoms with Crippen LogP contribution in [0, 0.1) is 0 Å². The van der Waals surface area contributed by atoms with E-state index in [1.165, 1.54) is 12.1 Å². The molecule has 1 saturated heterocycles. The maximum atomic E-state index is 13.2. The summed E-state index contributed by atoms with van der Waals surface area (Å²) in [4.78, 5) is 0.0492. The zero-order valence-corrected chi connectivity index (χ0v) is 16.9. The second kappa shape index (κ2) is 7.40. The first kappa shape index (κ1) is 19.5. The van der Waals surface area contributed by atoms with Crippen LogP contribution >= 0.6 is 15.9 Å². The molecule has 0 unspecified atom stereocenters. The van der Waals surface area contributed by atoms with Crippen molar-refractivity contribution in [3.05, 3.63) is 64.6 Å². The number of aliphatic hydroxyl groups excluding tert-OH is 1. The van der Waals surface area contributed by atoms with Gasteiger partial charge in [0.2, 0.25) is 10.0 Å². The van der Waals surface area contributed by atoms with E-state index in [1.807, 2.05) is 6.07 Å². The maximum absolute atomic E-state index is 13.2. The topological polar surface area (TPSA) is 91.8 Å². The average Bonchev–Trinajstić information content (AvgIpc) is 2.86. The SMILES string of the molecule is O=S1(=O)C[C@@H](O)[C@@H](N(Cc2ccccc2)S(=O)(=O)c2ccc(Br)cc2)C1. The Morgan fingerprint density at radius 1 is 1.04 bits per heavy atom. The maximum Gasteiger partial charge on any atom is 0.243 e. The summed E-state index contributed by atoms with van der Waals surface area (Å²) < 4.78 is 52.1. The van der Waals surface area contributed by atoms with E-state index < -0.39 is 43.5 Å². The van der Waals surface area contributed by atoms with Crippen LogP contribution in [0.3, 0.4) is 0 Å². The van der Waals surface area contributed by atoms with Crippen molar-refractivity contribution in [2.75, 3.05) is 11.5 Å². The molecule has 0 bridgehead atoms. The smallest absolute Gasteiger partial charge is 0.243 e. The predicted octanol–water partition coefficient (Wildman–Crippen LogP) is 1.80. The van der Waals surface area contributed by atoms with Gasteiger partial charge in [-0.3, -0.25) is 0 Å². The highest BCUT2D eigenvalue weighted by molar-refractivity contribution is 9.10. The van der Waals surface area contributed by atoms with E-state index in [0.29, 0.717) is 5.56 Å². The molecule has 0 spiro atoms. The highest BCUT2D eigenvalue weighted by Crippen LogP contribution is 2.28. The van der Waals surface area contributed by atoms with Crippen LogP contribution in [0.1, 0.15) is 5.56 Å². The molecule has 2 aromatic carbocycles. The van der Waals surface area contributed by atoms with E-state index in [1.54, 1.807) is 36.4 Å². The second-order valence-corrected chi connectivity index (χ2v) is 11.2. The monoisotopic (exact) mass is 459 g/mol. The number of halogens is 1. The van der Waals surface area contributed by atoms with Gasteiger partial charge in [-0.2, -0.15) is 4.31 Å². The molecule has 0 aliphatic carbocycles. The standard InChI is InChI=1S/C17H18BrNO5S2/c18-14-6-8-15(9-7-14)26(23,24)19(10-13-4-2-1-3-5-13)16-11-25(21,22)12-17(16)20/h1-9,16-17,20H,10-12H2/t16-,17+/m0/s1. The number of hydrogen-bond donors (Lipinski definition) is 1. The summed E-state index contributed by atoms with van der Waals surface area (Å²) in [5.74, 6) is -0.824. The van der Waals surface area contributed by atoms with Crippen molar-refractivity contribution in [2.45, 2.75) is 23.6 Å². The fourth-order valence-electron chi connectivity index (χ4n) is 2.97. The van der Waals surface area contributed by atoms with Crippen LogP contribution in [0.15, 0.2) is 64.0 Å². The third kappa shape index (κ3) is 4.17. The Hall–Kier alpha value is -1.26. The van der Waals surface area contributed by atoms with Crippen molar-refractivity contribution >= 4 is 35.8 Å². The van der Waals surface area contributed by atoms with Gasteiger partial charge in [-0.15, -0.1) is 0 Å². The first-order chi connectivity index (χ1) is 12.2. The molecule has 1 aliphatic heterocycles. The van der Waals surface area contributed by atoms with Gasteiger partial charge in [-0.05, 0) is 29.8 Å². The normalized spacial score (nSPS) is 22.6. The number of aliphatic hydroxyl groups is 1. The van der Waals surface area contributed by atoms with Crippen LogP contribution in [0.25, 0.3) is 0 Å². The van der Waals surface area contributed by atoms with Crippen molar-refractivity contribution in [1.82, 2.24) is 4.31 Å². The van der Waals surface area contributed by atoms with Gasteiger partial charge in [0.1, 0.15) is 0 Å². The summed E-state index contributed by atoms with van der Waals surface area (Å²) in [6, 6.07) is 14.0. The van der Waals surface area contributed by atoms with Crippen LogP contribution in [0.4, 0.5) is 0 Å². The molecule has 1 aliphatic rings. The molecule has 0 radical (unpaired) electrons. The summed E-state index contributed by atoms with van der Waals surface area (Å²) >= 11 is 3.27. The van der Waals surface area contributed by atoms with E-state index in [9.17, 15) is 21.9 Å². The van der Waals surface area contributed by atoms with E-state index in [4.69, 9.17) is 0 Å². The average molecular weight is 460 g/mol. The predicted molar refractivity (Wildman–Crippen MR) is 102 cm³/mol. The highest BCUT2D eigenvalue weighted by atomic mass is 79.9. The van der Waals surface area contributed by atoms with E-state index in [-0.39, 0.29) is 11.4 Å². The molecular formula is C17H18BrNO5S2. The molecule has 0 saturated carbocycles. The second-order valence-electron chi connectivity index (χ2n) is 6.20. The fourth-order valence-corrected chi connectivity index (χ4v) is 6.77. The molecule has 0 aromatic heterocycles. The van der Waals surface area contributed by atoms with Crippen molar-refractivity contribution in [3.63, 3.8) is 0 Å². The zero-order chi connectivity index (χ0) is 18.9. The lowest BCUT2D eigenvalue weighted by molar-refractivity contribution is 0.125.